The topological polar surface area (TPSA) is 69.9 Å². The average Bonchev–Trinajstić information content (AvgIpc) is 3.28. The van der Waals surface area contributed by atoms with Crippen LogP contribution < -0.4 is 19.5 Å². The Morgan fingerprint density at radius 3 is 2.31 bits per heavy atom. The number of ether oxygens (including phenoxy) is 3. The van der Waals surface area contributed by atoms with E-state index in [9.17, 15) is 4.79 Å². The van der Waals surface area contributed by atoms with Crippen molar-refractivity contribution in [3.05, 3.63) is 66.1 Å². The quantitative estimate of drug-likeness (QED) is 0.596. The number of carbonyl (C=O) groups is 1. The Bertz CT molecular complexity index is 950. The summed E-state index contributed by atoms with van der Waals surface area (Å²) in [5.74, 6) is 1.99. The first-order valence-electron chi connectivity index (χ1n) is 9.31. The van der Waals surface area contributed by atoms with Crippen LogP contribution in [0.1, 0.15) is 11.1 Å². The fraction of sp³-hybridized carbons (Fsp3) is 0.261. The number of rotatable bonds is 9. The normalized spacial score (nSPS) is 10.4. The first-order valence-corrected chi connectivity index (χ1v) is 9.31. The standard InChI is InChI=1S/C23H25NO5/c1-26-20-7-5-17(13-22(20)28-3)14-23(25)24-10-8-16-4-6-19(21(12-16)27-2)18-9-11-29-15-18/h4-7,9,11-13,15H,8,10,14H2,1-3H3,(H,24,25). The van der Waals surface area contributed by atoms with Gasteiger partial charge in [-0.1, -0.05) is 18.2 Å². The molecule has 0 fully saturated rings. The molecule has 0 bridgehead atoms. The molecule has 2 aromatic carbocycles. The summed E-state index contributed by atoms with van der Waals surface area (Å²) in [5.41, 5.74) is 3.89. The van der Waals surface area contributed by atoms with Crippen molar-refractivity contribution in [2.75, 3.05) is 27.9 Å². The lowest BCUT2D eigenvalue weighted by Gasteiger charge is -2.11. The van der Waals surface area contributed by atoms with Crippen LogP contribution in [0.4, 0.5) is 0 Å². The second kappa shape index (κ2) is 9.68. The molecule has 1 aromatic heterocycles. The Morgan fingerprint density at radius 2 is 1.62 bits per heavy atom. The highest BCUT2D eigenvalue weighted by molar-refractivity contribution is 5.78. The zero-order valence-electron chi connectivity index (χ0n) is 16.9. The van der Waals surface area contributed by atoms with E-state index in [1.807, 2.05) is 36.4 Å². The zero-order valence-corrected chi connectivity index (χ0v) is 16.9. The summed E-state index contributed by atoms with van der Waals surface area (Å²) >= 11 is 0. The van der Waals surface area contributed by atoms with Gasteiger partial charge in [0.25, 0.3) is 0 Å². The molecular weight excluding hydrogens is 370 g/mol. The molecule has 6 nitrogen and oxygen atoms in total. The number of amides is 1. The lowest BCUT2D eigenvalue weighted by Crippen LogP contribution is -2.27. The van der Waals surface area contributed by atoms with Crippen molar-refractivity contribution in [2.45, 2.75) is 12.8 Å². The average molecular weight is 395 g/mol. The molecule has 3 aromatic rings. The molecule has 3 rings (SSSR count). The zero-order chi connectivity index (χ0) is 20.6. The van der Waals surface area contributed by atoms with Crippen molar-refractivity contribution in [1.29, 1.82) is 0 Å². The molecule has 1 amide bonds. The number of hydrogen-bond donors (Lipinski definition) is 1. The molecule has 0 saturated heterocycles. The van der Waals surface area contributed by atoms with E-state index in [2.05, 4.69) is 5.32 Å². The summed E-state index contributed by atoms with van der Waals surface area (Å²) in [6, 6.07) is 13.4. The van der Waals surface area contributed by atoms with Gasteiger partial charge in [0.15, 0.2) is 11.5 Å². The highest BCUT2D eigenvalue weighted by Crippen LogP contribution is 2.31. The van der Waals surface area contributed by atoms with Crippen LogP contribution in [0.15, 0.2) is 59.4 Å². The molecule has 0 atom stereocenters. The number of nitrogens with one attached hydrogen (secondary N) is 1. The fourth-order valence-electron chi connectivity index (χ4n) is 3.13. The number of hydrogen-bond acceptors (Lipinski definition) is 5. The molecule has 0 saturated carbocycles. The van der Waals surface area contributed by atoms with E-state index in [-0.39, 0.29) is 12.3 Å². The summed E-state index contributed by atoms with van der Waals surface area (Å²) in [6.45, 7) is 0.542. The van der Waals surface area contributed by atoms with Gasteiger partial charge in [0.05, 0.1) is 40.3 Å². The van der Waals surface area contributed by atoms with E-state index < -0.39 is 0 Å². The van der Waals surface area contributed by atoms with Crippen molar-refractivity contribution < 1.29 is 23.4 Å². The van der Waals surface area contributed by atoms with Crippen LogP contribution in [0.2, 0.25) is 0 Å². The monoisotopic (exact) mass is 395 g/mol. The minimum absolute atomic E-state index is 0.0424. The molecule has 0 aliphatic carbocycles. The predicted octanol–water partition coefficient (Wildman–Crippen LogP) is 3.87. The van der Waals surface area contributed by atoms with Crippen molar-refractivity contribution >= 4 is 5.91 Å². The summed E-state index contributed by atoms with van der Waals surface area (Å²) < 4.78 is 21.2. The van der Waals surface area contributed by atoms with Crippen LogP contribution >= 0.6 is 0 Å². The third-order valence-corrected chi connectivity index (χ3v) is 4.65. The van der Waals surface area contributed by atoms with Gasteiger partial charge in [-0.05, 0) is 41.8 Å². The predicted molar refractivity (Wildman–Crippen MR) is 111 cm³/mol. The third kappa shape index (κ3) is 5.10. The lowest BCUT2D eigenvalue weighted by atomic mass is 10.0. The maximum Gasteiger partial charge on any atom is 0.224 e. The van der Waals surface area contributed by atoms with E-state index in [0.717, 1.165) is 28.0 Å². The van der Waals surface area contributed by atoms with E-state index in [1.165, 1.54) is 0 Å². The maximum absolute atomic E-state index is 12.3. The van der Waals surface area contributed by atoms with Crippen LogP contribution in [0, 0.1) is 0 Å². The Labute approximate surface area is 170 Å². The highest BCUT2D eigenvalue weighted by Gasteiger charge is 2.10. The molecular formula is C23H25NO5. The van der Waals surface area contributed by atoms with Crippen molar-refractivity contribution in [1.82, 2.24) is 5.32 Å². The van der Waals surface area contributed by atoms with Crippen molar-refractivity contribution in [2.24, 2.45) is 0 Å². The number of furan rings is 1. The first-order chi connectivity index (χ1) is 14.1. The molecule has 1 heterocycles. The summed E-state index contributed by atoms with van der Waals surface area (Å²) in [5, 5.41) is 2.96. The lowest BCUT2D eigenvalue weighted by molar-refractivity contribution is -0.120. The SMILES string of the molecule is COc1ccc(CC(=O)NCCc2ccc(-c3ccoc3)c(OC)c2)cc1OC. The van der Waals surface area contributed by atoms with Crippen molar-refractivity contribution in [3.63, 3.8) is 0 Å². The molecule has 0 aliphatic heterocycles. The van der Waals surface area contributed by atoms with Crippen LogP contribution in [0.3, 0.4) is 0 Å². The fourth-order valence-corrected chi connectivity index (χ4v) is 3.13. The Hall–Kier alpha value is -3.41. The van der Waals surface area contributed by atoms with Gasteiger partial charge in [0.2, 0.25) is 5.91 Å². The van der Waals surface area contributed by atoms with E-state index in [4.69, 9.17) is 18.6 Å². The second-order valence-corrected chi connectivity index (χ2v) is 6.51. The van der Waals surface area contributed by atoms with Gasteiger partial charge in [-0.25, -0.2) is 0 Å². The Kier molecular flexibility index (Phi) is 6.79. The van der Waals surface area contributed by atoms with Crippen LogP contribution in [-0.4, -0.2) is 33.8 Å². The molecule has 0 radical (unpaired) electrons. The molecule has 0 unspecified atom stereocenters. The molecule has 29 heavy (non-hydrogen) atoms. The van der Waals surface area contributed by atoms with Gasteiger partial charge in [0, 0.05) is 17.7 Å². The van der Waals surface area contributed by atoms with E-state index in [0.29, 0.717) is 24.5 Å². The minimum Gasteiger partial charge on any atom is -0.496 e. The third-order valence-electron chi connectivity index (χ3n) is 4.65. The number of benzene rings is 2. The molecule has 1 N–H and O–H groups in total. The van der Waals surface area contributed by atoms with Gasteiger partial charge in [0.1, 0.15) is 5.75 Å². The smallest absolute Gasteiger partial charge is 0.224 e. The van der Waals surface area contributed by atoms with Crippen LogP contribution in [0.5, 0.6) is 17.2 Å². The second-order valence-electron chi connectivity index (χ2n) is 6.51. The maximum atomic E-state index is 12.3. The number of carbonyl (C=O) groups excluding carboxylic acids is 1. The molecule has 0 aliphatic rings. The van der Waals surface area contributed by atoms with Gasteiger partial charge in [-0.2, -0.15) is 0 Å². The Balaban J connectivity index is 1.55. The van der Waals surface area contributed by atoms with Gasteiger partial charge in [-0.3, -0.25) is 4.79 Å². The Morgan fingerprint density at radius 1 is 0.897 bits per heavy atom. The highest BCUT2D eigenvalue weighted by atomic mass is 16.5. The summed E-state index contributed by atoms with van der Waals surface area (Å²) in [6.07, 6.45) is 4.31. The molecule has 0 spiro atoms. The van der Waals surface area contributed by atoms with Gasteiger partial charge >= 0.3 is 0 Å². The summed E-state index contributed by atoms with van der Waals surface area (Å²) in [4.78, 5) is 12.3. The number of methoxy groups -OCH3 is 3. The van der Waals surface area contributed by atoms with Gasteiger partial charge in [-0.15, -0.1) is 0 Å². The van der Waals surface area contributed by atoms with Crippen LogP contribution in [0.25, 0.3) is 11.1 Å². The van der Waals surface area contributed by atoms with Gasteiger partial charge < -0.3 is 23.9 Å². The minimum atomic E-state index is -0.0424. The van der Waals surface area contributed by atoms with E-state index >= 15 is 0 Å². The molecule has 152 valence electrons. The van der Waals surface area contributed by atoms with Crippen molar-refractivity contribution in [3.8, 4) is 28.4 Å². The summed E-state index contributed by atoms with van der Waals surface area (Å²) in [7, 11) is 4.81. The first kappa shape index (κ1) is 20.3. The van der Waals surface area contributed by atoms with E-state index in [1.54, 1.807) is 39.9 Å². The largest absolute Gasteiger partial charge is 0.496 e. The van der Waals surface area contributed by atoms with Crippen LogP contribution in [-0.2, 0) is 17.6 Å². The molecule has 6 heteroatoms.